The molecule has 0 spiro atoms. The van der Waals surface area contributed by atoms with Crippen molar-refractivity contribution in [1.29, 1.82) is 0 Å². The molecule has 2 rings (SSSR count). The third-order valence-corrected chi connectivity index (χ3v) is 10.1. The number of rotatable bonds is 9. The first kappa shape index (κ1) is 21.5. The highest BCUT2D eigenvalue weighted by molar-refractivity contribution is 6.74. The van der Waals surface area contributed by atoms with Gasteiger partial charge in [0.2, 0.25) is 0 Å². The molecule has 1 aliphatic rings. The molecule has 0 unspecified atom stereocenters. The fourth-order valence-corrected chi connectivity index (χ4v) is 5.12. The normalized spacial score (nSPS) is 15.5. The molecule has 0 saturated carbocycles. The second-order valence-electron chi connectivity index (χ2n) is 8.17. The van der Waals surface area contributed by atoms with Gasteiger partial charge in [-0.05, 0) is 49.2 Å². The summed E-state index contributed by atoms with van der Waals surface area (Å²) in [7, 11) is -1.90. The Morgan fingerprint density at radius 1 is 1.19 bits per heavy atom. The number of carbonyl (C=O) groups excluding carboxylic acids is 2. The fraction of sp³-hybridized carbons (Fsp3) is 0.524. The van der Waals surface area contributed by atoms with Crippen LogP contribution in [0.25, 0.3) is 0 Å². The second-order valence-corrected chi connectivity index (χ2v) is 12.8. The molecule has 0 fully saturated rings. The summed E-state index contributed by atoms with van der Waals surface area (Å²) in [6.45, 7) is 11.2. The van der Waals surface area contributed by atoms with E-state index in [1.165, 1.54) is 6.08 Å². The molecule has 27 heavy (non-hydrogen) atoms. The highest BCUT2D eigenvalue weighted by atomic mass is 28.4. The molecule has 1 aromatic rings. The summed E-state index contributed by atoms with van der Waals surface area (Å²) in [5, 5.41) is 0.157. The van der Waals surface area contributed by atoms with Crippen LogP contribution >= 0.6 is 0 Å². The fourth-order valence-electron chi connectivity index (χ4n) is 3.25. The van der Waals surface area contributed by atoms with Gasteiger partial charge >= 0.3 is 0 Å². The minimum atomic E-state index is -1.90. The molecule has 0 bridgehead atoms. The van der Waals surface area contributed by atoms with E-state index in [9.17, 15) is 14.0 Å². The van der Waals surface area contributed by atoms with Crippen molar-refractivity contribution in [3.63, 3.8) is 0 Å². The van der Waals surface area contributed by atoms with Gasteiger partial charge in [0.05, 0.1) is 17.7 Å². The summed E-state index contributed by atoms with van der Waals surface area (Å²) in [6.07, 6.45) is 4.06. The largest absolute Gasteiger partial charge is 0.417 e. The number of imide groups is 1. The van der Waals surface area contributed by atoms with Gasteiger partial charge in [-0.2, -0.15) is 0 Å². The van der Waals surface area contributed by atoms with Gasteiger partial charge in [-0.15, -0.1) is 0 Å². The maximum absolute atomic E-state index is 14.3. The molecule has 0 saturated heterocycles. The number of amides is 2. The maximum Gasteiger partial charge on any atom is 0.261 e. The van der Waals surface area contributed by atoms with Crippen molar-refractivity contribution in [3.8, 4) is 0 Å². The average molecular weight is 392 g/mol. The van der Waals surface area contributed by atoms with Crippen molar-refractivity contribution in [3.05, 3.63) is 47.3 Å². The van der Waals surface area contributed by atoms with E-state index in [0.29, 0.717) is 24.2 Å². The Kier molecular flexibility index (Phi) is 6.76. The van der Waals surface area contributed by atoms with Crippen LogP contribution in [0.3, 0.4) is 0 Å². The monoisotopic (exact) mass is 391 g/mol. The number of carbonyl (C=O) groups is 2. The predicted octanol–water partition coefficient (Wildman–Crippen LogP) is 5.33. The van der Waals surface area contributed by atoms with Crippen molar-refractivity contribution in [1.82, 2.24) is 4.90 Å². The summed E-state index contributed by atoms with van der Waals surface area (Å²) in [5.41, 5.74) is 0.675. The van der Waals surface area contributed by atoms with E-state index in [4.69, 9.17) is 4.43 Å². The van der Waals surface area contributed by atoms with Crippen LogP contribution in [0.15, 0.2) is 36.2 Å². The van der Waals surface area contributed by atoms with Crippen molar-refractivity contribution in [2.75, 3.05) is 13.2 Å². The molecule has 0 radical (unpaired) electrons. The van der Waals surface area contributed by atoms with E-state index in [1.54, 1.807) is 24.3 Å². The molecule has 0 aromatic heterocycles. The van der Waals surface area contributed by atoms with E-state index >= 15 is 0 Å². The molecule has 2 amide bonds. The molecule has 1 aromatic carbocycles. The van der Waals surface area contributed by atoms with Crippen LogP contribution in [-0.4, -0.2) is 38.2 Å². The Morgan fingerprint density at radius 2 is 1.74 bits per heavy atom. The Bertz CT molecular complexity index is 708. The first-order valence-electron chi connectivity index (χ1n) is 9.54. The van der Waals surface area contributed by atoms with Gasteiger partial charge in [0, 0.05) is 6.61 Å². The van der Waals surface area contributed by atoms with Crippen LogP contribution in [0.4, 0.5) is 4.39 Å². The lowest BCUT2D eigenvalue weighted by Crippen LogP contribution is -2.42. The Labute approximate surface area is 162 Å². The number of hydrogen-bond acceptors (Lipinski definition) is 3. The third kappa shape index (κ3) is 4.74. The first-order chi connectivity index (χ1) is 12.6. The van der Waals surface area contributed by atoms with Gasteiger partial charge in [0.15, 0.2) is 8.32 Å². The molecular formula is C21H30FNO3Si. The van der Waals surface area contributed by atoms with Crippen molar-refractivity contribution in [2.24, 2.45) is 0 Å². The van der Waals surface area contributed by atoms with Gasteiger partial charge in [-0.3, -0.25) is 14.5 Å². The highest BCUT2D eigenvalue weighted by Gasteiger charge is 2.40. The second kappa shape index (κ2) is 8.48. The molecule has 148 valence electrons. The first-order valence-corrected chi connectivity index (χ1v) is 12.5. The molecule has 1 aliphatic heterocycles. The van der Waals surface area contributed by atoms with E-state index in [-0.39, 0.29) is 11.6 Å². The summed E-state index contributed by atoms with van der Waals surface area (Å²) >= 11 is 0. The quantitative estimate of drug-likeness (QED) is 0.325. The zero-order valence-corrected chi connectivity index (χ0v) is 18.0. The summed E-state index contributed by atoms with van der Waals surface area (Å²) in [4.78, 5) is 25.5. The van der Waals surface area contributed by atoms with Crippen molar-refractivity contribution >= 4 is 20.1 Å². The Hall–Kier alpha value is -1.79. The number of benzene rings is 1. The zero-order chi connectivity index (χ0) is 20.2. The van der Waals surface area contributed by atoms with E-state index < -0.39 is 26.0 Å². The number of halogens is 1. The van der Waals surface area contributed by atoms with Gasteiger partial charge < -0.3 is 4.43 Å². The van der Waals surface area contributed by atoms with Gasteiger partial charge in [0.25, 0.3) is 11.8 Å². The van der Waals surface area contributed by atoms with Gasteiger partial charge in [-0.1, -0.05) is 39.3 Å². The average Bonchev–Trinajstić information content (AvgIpc) is 2.84. The lowest BCUT2D eigenvalue weighted by Gasteiger charge is -2.39. The van der Waals surface area contributed by atoms with Crippen molar-refractivity contribution < 1.29 is 18.4 Å². The predicted molar refractivity (Wildman–Crippen MR) is 108 cm³/mol. The molecule has 0 aliphatic carbocycles. The van der Waals surface area contributed by atoms with E-state index in [2.05, 4.69) is 33.9 Å². The standard InChI is InChI=1S/C21H30FNO3Si/c1-6-13-21(2,3)27(4,5)26-14-9-10-16(22)15-23-19(24)17-11-7-8-12-18(17)20(23)25/h7-8,10-12H,6,9,13-15H2,1-5H3. The zero-order valence-electron chi connectivity index (χ0n) is 17.0. The minimum Gasteiger partial charge on any atom is -0.417 e. The lowest BCUT2D eigenvalue weighted by atomic mass is 10.1. The molecule has 4 nitrogen and oxygen atoms in total. The van der Waals surface area contributed by atoms with Crippen LogP contribution < -0.4 is 0 Å². The van der Waals surface area contributed by atoms with Crippen molar-refractivity contribution in [2.45, 2.75) is 58.2 Å². The highest BCUT2D eigenvalue weighted by Crippen LogP contribution is 2.42. The minimum absolute atomic E-state index is 0.157. The van der Waals surface area contributed by atoms with Gasteiger partial charge in [-0.25, -0.2) is 4.39 Å². The van der Waals surface area contributed by atoms with Crippen LogP contribution in [0.1, 0.15) is 60.7 Å². The smallest absolute Gasteiger partial charge is 0.261 e. The lowest BCUT2D eigenvalue weighted by molar-refractivity contribution is 0.0660. The number of nitrogens with zero attached hydrogens (tertiary/aromatic N) is 1. The van der Waals surface area contributed by atoms with Gasteiger partial charge in [0.1, 0.15) is 5.83 Å². The van der Waals surface area contributed by atoms with Crippen LogP contribution in [0.5, 0.6) is 0 Å². The molecule has 6 heteroatoms. The van der Waals surface area contributed by atoms with Crippen LogP contribution in [0.2, 0.25) is 18.1 Å². The maximum atomic E-state index is 14.3. The third-order valence-electron chi connectivity index (χ3n) is 5.64. The summed E-state index contributed by atoms with van der Waals surface area (Å²) in [5.74, 6) is -1.36. The summed E-state index contributed by atoms with van der Waals surface area (Å²) < 4.78 is 20.4. The number of fused-ring (bicyclic) bond motifs is 1. The molecule has 1 heterocycles. The number of hydrogen-bond donors (Lipinski definition) is 0. The Morgan fingerprint density at radius 3 is 2.26 bits per heavy atom. The van der Waals surface area contributed by atoms with Crippen LogP contribution in [-0.2, 0) is 4.43 Å². The van der Waals surface area contributed by atoms with E-state index in [1.807, 2.05) is 0 Å². The molecular weight excluding hydrogens is 361 g/mol. The topological polar surface area (TPSA) is 46.6 Å². The summed E-state index contributed by atoms with van der Waals surface area (Å²) in [6, 6.07) is 6.58. The molecule has 0 N–H and O–H groups in total. The molecule has 0 atom stereocenters. The van der Waals surface area contributed by atoms with E-state index in [0.717, 1.165) is 17.7 Å². The van der Waals surface area contributed by atoms with Crippen LogP contribution in [0, 0.1) is 0 Å². The SMILES string of the molecule is CCCC(C)(C)[Si](C)(C)OCCC=C(F)CN1C(=O)c2ccccc2C1=O. The Balaban J connectivity index is 1.89.